The first-order valence-electron chi connectivity index (χ1n) is 2.92. The van der Waals surface area contributed by atoms with Gasteiger partial charge in [-0.15, -0.1) is 0 Å². The molecule has 1 rings (SSSR count). The van der Waals surface area contributed by atoms with E-state index in [2.05, 4.69) is 4.98 Å². The molecule has 1 amide bonds. The molecule has 1 radical (unpaired) electrons. The van der Waals surface area contributed by atoms with Crippen LogP contribution in [0.2, 0.25) is 0 Å². The number of carbonyl (C=O) groups is 1. The van der Waals surface area contributed by atoms with Crippen molar-refractivity contribution in [3.8, 4) is 0 Å². The van der Waals surface area contributed by atoms with Gasteiger partial charge in [0.15, 0.2) is 0 Å². The van der Waals surface area contributed by atoms with E-state index in [1.54, 1.807) is 0 Å². The number of aliphatic hydroxyl groups is 1. The van der Waals surface area contributed by atoms with Crippen LogP contribution in [-0.4, -0.2) is 16.0 Å². The molecule has 0 saturated carbocycles. The van der Waals surface area contributed by atoms with Gasteiger partial charge in [0, 0.05) is 0 Å². The molecule has 0 aliphatic carbocycles. The van der Waals surface area contributed by atoms with Gasteiger partial charge in [0.1, 0.15) is 18.4 Å². The van der Waals surface area contributed by atoms with Gasteiger partial charge >= 0.3 is 0 Å². The molecule has 0 aromatic carbocycles. The lowest BCUT2D eigenvalue weighted by atomic mass is 10.4. The smallest absolute Gasteiger partial charge is 0.231 e. The summed E-state index contributed by atoms with van der Waals surface area (Å²) >= 11 is 0. The molecule has 0 aliphatic rings. The largest absolute Gasteiger partial charge is 0.448 e. The summed E-state index contributed by atoms with van der Waals surface area (Å²) in [5.74, 6) is -0.516. The SMILES string of the molecule is NC(=O)[CH]c1nc(CO)co1. The van der Waals surface area contributed by atoms with Crippen LogP contribution in [0.1, 0.15) is 11.6 Å². The highest BCUT2D eigenvalue weighted by Crippen LogP contribution is 2.02. The minimum absolute atomic E-state index is 0.113. The fourth-order valence-electron chi connectivity index (χ4n) is 0.583. The van der Waals surface area contributed by atoms with Crippen LogP contribution in [0, 0.1) is 6.42 Å². The van der Waals surface area contributed by atoms with Gasteiger partial charge < -0.3 is 15.3 Å². The lowest BCUT2D eigenvalue weighted by Gasteiger charge is -1.85. The number of nitrogens with zero attached hydrogens (tertiary/aromatic N) is 1. The average molecular weight is 155 g/mol. The standard InChI is InChI=1S/C6H7N2O3/c7-5(10)1-6-8-4(2-9)3-11-6/h1,3,9H,2H2,(H2,7,10). The highest BCUT2D eigenvalue weighted by molar-refractivity contribution is 5.85. The molecule has 0 atom stereocenters. The molecule has 0 aliphatic heterocycles. The van der Waals surface area contributed by atoms with Crippen molar-refractivity contribution in [1.82, 2.24) is 4.98 Å². The van der Waals surface area contributed by atoms with E-state index in [4.69, 9.17) is 15.3 Å². The first kappa shape index (κ1) is 7.74. The zero-order valence-electron chi connectivity index (χ0n) is 5.65. The molecule has 0 fully saturated rings. The Balaban J connectivity index is 2.65. The second-order valence-electron chi connectivity index (χ2n) is 1.88. The second-order valence-corrected chi connectivity index (χ2v) is 1.88. The molecule has 0 bridgehead atoms. The van der Waals surface area contributed by atoms with Crippen LogP contribution in [0.5, 0.6) is 0 Å². The maximum atomic E-state index is 10.3. The maximum absolute atomic E-state index is 10.3. The highest BCUT2D eigenvalue weighted by Gasteiger charge is 2.05. The van der Waals surface area contributed by atoms with E-state index in [0.29, 0.717) is 5.69 Å². The fourth-order valence-corrected chi connectivity index (χ4v) is 0.583. The lowest BCUT2D eigenvalue weighted by molar-refractivity contribution is -0.114. The van der Waals surface area contributed by atoms with E-state index in [0.717, 1.165) is 6.42 Å². The van der Waals surface area contributed by atoms with Crippen molar-refractivity contribution in [2.75, 3.05) is 0 Å². The number of hydrogen-bond donors (Lipinski definition) is 2. The van der Waals surface area contributed by atoms with Gasteiger partial charge in [-0.05, 0) is 0 Å². The Kier molecular flexibility index (Phi) is 2.22. The van der Waals surface area contributed by atoms with E-state index < -0.39 is 5.91 Å². The molecule has 0 unspecified atom stereocenters. The number of rotatable bonds is 3. The number of aromatic nitrogens is 1. The molecule has 5 nitrogen and oxygen atoms in total. The van der Waals surface area contributed by atoms with Crippen molar-refractivity contribution in [3.05, 3.63) is 24.3 Å². The summed E-state index contributed by atoms with van der Waals surface area (Å²) in [4.78, 5) is 14.0. The monoisotopic (exact) mass is 155 g/mol. The quantitative estimate of drug-likeness (QED) is 0.598. The topological polar surface area (TPSA) is 89.4 Å². The van der Waals surface area contributed by atoms with Crippen LogP contribution in [0.3, 0.4) is 0 Å². The summed E-state index contributed by atoms with van der Waals surface area (Å²) in [6.45, 7) is -0.212. The summed E-state index contributed by atoms with van der Waals surface area (Å²) in [6, 6.07) is 0. The molecular formula is C6H7N2O3. The number of carbonyl (C=O) groups excluding carboxylic acids is 1. The Hall–Kier alpha value is -1.36. The number of aliphatic hydroxyl groups excluding tert-OH is 1. The Bertz CT molecular complexity index is 256. The molecule has 11 heavy (non-hydrogen) atoms. The Labute approximate surface area is 62.8 Å². The van der Waals surface area contributed by atoms with E-state index in [9.17, 15) is 4.79 Å². The molecule has 0 saturated heterocycles. The molecule has 0 spiro atoms. The molecule has 1 heterocycles. The second kappa shape index (κ2) is 3.16. The number of hydrogen-bond acceptors (Lipinski definition) is 4. The predicted molar refractivity (Wildman–Crippen MR) is 35.0 cm³/mol. The van der Waals surface area contributed by atoms with Gasteiger partial charge in [-0.2, -0.15) is 0 Å². The van der Waals surface area contributed by atoms with E-state index in [1.165, 1.54) is 6.26 Å². The average Bonchev–Trinajstić information content (AvgIpc) is 2.34. The minimum atomic E-state index is -0.628. The summed E-state index contributed by atoms with van der Waals surface area (Å²) in [7, 11) is 0. The summed E-state index contributed by atoms with van der Waals surface area (Å²) in [5.41, 5.74) is 5.19. The first-order valence-corrected chi connectivity index (χ1v) is 2.92. The predicted octanol–water partition coefficient (Wildman–Crippen LogP) is -0.795. The lowest BCUT2D eigenvalue weighted by Crippen LogP contribution is -2.11. The number of nitrogens with two attached hydrogens (primary N) is 1. The fraction of sp³-hybridized carbons (Fsp3) is 0.167. The summed E-state index contributed by atoms with van der Waals surface area (Å²) < 4.78 is 4.74. The Morgan fingerprint density at radius 1 is 1.91 bits per heavy atom. The Morgan fingerprint density at radius 2 is 2.64 bits per heavy atom. The van der Waals surface area contributed by atoms with Crippen LogP contribution >= 0.6 is 0 Å². The maximum Gasteiger partial charge on any atom is 0.231 e. The van der Waals surface area contributed by atoms with Crippen molar-refractivity contribution in [2.24, 2.45) is 5.73 Å². The number of amides is 1. The Morgan fingerprint density at radius 3 is 3.09 bits per heavy atom. The molecule has 59 valence electrons. The molecule has 1 aromatic heterocycles. The van der Waals surface area contributed by atoms with Gasteiger partial charge in [0.25, 0.3) is 0 Å². The first-order chi connectivity index (χ1) is 5.22. The van der Waals surface area contributed by atoms with Gasteiger partial charge in [-0.1, -0.05) is 0 Å². The summed E-state index contributed by atoms with van der Waals surface area (Å²) in [5, 5.41) is 8.53. The van der Waals surface area contributed by atoms with Crippen molar-refractivity contribution in [3.63, 3.8) is 0 Å². The molecule has 1 aromatic rings. The van der Waals surface area contributed by atoms with Crippen molar-refractivity contribution < 1.29 is 14.3 Å². The highest BCUT2D eigenvalue weighted by atomic mass is 16.3. The zero-order valence-corrected chi connectivity index (χ0v) is 5.65. The normalized spacial score (nSPS) is 9.91. The van der Waals surface area contributed by atoms with E-state index >= 15 is 0 Å². The van der Waals surface area contributed by atoms with Crippen LogP contribution < -0.4 is 5.73 Å². The third-order valence-corrected chi connectivity index (χ3v) is 0.997. The van der Waals surface area contributed by atoms with Crippen LogP contribution in [0.25, 0.3) is 0 Å². The number of oxazole rings is 1. The van der Waals surface area contributed by atoms with Crippen LogP contribution in [0.4, 0.5) is 0 Å². The zero-order chi connectivity index (χ0) is 8.27. The minimum Gasteiger partial charge on any atom is -0.448 e. The summed E-state index contributed by atoms with van der Waals surface area (Å²) in [6.07, 6.45) is 2.30. The van der Waals surface area contributed by atoms with Crippen molar-refractivity contribution in [2.45, 2.75) is 6.61 Å². The van der Waals surface area contributed by atoms with E-state index in [-0.39, 0.29) is 12.5 Å². The molecular weight excluding hydrogens is 148 g/mol. The van der Waals surface area contributed by atoms with Crippen LogP contribution in [0.15, 0.2) is 10.7 Å². The van der Waals surface area contributed by atoms with Gasteiger partial charge in [-0.25, -0.2) is 4.98 Å². The van der Waals surface area contributed by atoms with Gasteiger partial charge in [0.2, 0.25) is 11.8 Å². The van der Waals surface area contributed by atoms with Crippen LogP contribution in [-0.2, 0) is 11.4 Å². The van der Waals surface area contributed by atoms with Gasteiger partial charge in [-0.3, -0.25) is 4.79 Å². The van der Waals surface area contributed by atoms with Crippen molar-refractivity contribution in [1.29, 1.82) is 0 Å². The third kappa shape index (κ3) is 2.05. The van der Waals surface area contributed by atoms with Gasteiger partial charge in [0.05, 0.1) is 6.61 Å². The molecule has 3 N–H and O–H groups in total. The van der Waals surface area contributed by atoms with Crippen molar-refractivity contribution >= 4 is 5.91 Å². The molecule has 5 heteroatoms. The van der Waals surface area contributed by atoms with E-state index in [1.807, 2.05) is 0 Å². The number of primary amides is 1. The third-order valence-electron chi connectivity index (χ3n) is 0.997.